The van der Waals surface area contributed by atoms with Crippen molar-refractivity contribution in [2.45, 2.75) is 212 Å². The summed E-state index contributed by atoms with van der Waals surface area (Å²) in [5.41, 5.74) is 8.08. The molecule has 2 aromatic heterocycles. The van der Waals surface area contributed by atoms with Gasteiger partial charge in [0.05, 0.1) is 91.0 Å². The predicted molar refractivity (Wildman–Crippen MR) is 498 cm³/mol. The number of aliphatic hydroxyl groups is 3. The number of nitrogens with zero attached hydrogens (tertiary/aromatic N) is 4. The molecule has 0 spiro atoms. The fourth-order valence-electron chi connectivity index (χ4n) is 15.5. The Morgan fingerprint density at radius 1 is 0.590 bits per heavy atom. The normalized spacial score (nSPS) is 16.1. The van der Waals surface area contributed by atoms with Gasteiger partial charge in [0.25, 0.3) is 0 Å². The number of primary amides is 1. The summed E-state index contributed by atoms with van der Waals surface area (Å²) in [6.45, 7) is 12.6. The maximum absolute atomic E-state index is 15.6. The number of aromatic amines is 2. The monoisotopic (exact) mass is 1940 g/mol. The molecule has 8 rings (SSSR count). The molecule has 0 radical (unpaired) electrons. The van der Waals surface area contributed by atoms with Gasteiger partial charge in [-0.3, -0.25) is 57.5 Å². The summed E-state index contributed by atoms with van der Waals surface area (Å²) in [5.74, 6) is -6.48. The zero-order valence-electron chi connectivity index (χ0n) is 79.4. The molecule has 44 heteroatoms. The SMILES string of the molecule is CCc1cc(OCCCCNC(=O)OCCOCCOCCOCCNC(=O)OCC2[C@H]3CCC#CCC[C@@H]23)ccc1-c1ccc(C[C@H](NC(=O)C(CC(=O)O)NC(=O)C(CO)NC(=O)C(NC(=O)C(C)(Cc2ccccc2F)NC(=O)C(NC(=O)CNC(=O)C(Cc2nn[nH]n2)NC(=O)C(C)(C)C(=O)NCCc2cnc[nH]2)[C@@H](C)O)[C@@H](C)O)C(=O)N[C@@H](CCCc2cc(C)cc(C)c2)C(N)=O)cc1. The smallest absolute Gasteiger partial charge is 0.407 e. The number of nitrogens with two attached hydrogens (primary N) is 1. The van der Waals surface area contributed by atoms with Gasteiger partial charge in [0.2, 0.25) is 65.0 Å². The van der Waals surface area contributed by atoms with Crippen LogP contribution in [0.4, 0.5) is 14.0 Å². The number of carbonyl (C=O) groups is 14. The van der Waals surface area contributed by atoms with Crippen LogP contribution in [0, 0.1) is 54.7 Å². The minimum atomic E-state index is -2.42. The average Bonchev–Trinajstić information content (AvgIpc) is 1.63. The number of aromatic nitrogens is 6. The molecule has 2 heterocycles. The summed E-state index contributed by atoms with van der Waals surface area (Å²) >= 11 is 0. The Bertz CT molecular complexity index is 5120. The van der Waals surface area contributed by atoms with Crippen molar-refractivity contribution in [3.8, 4) is 28.7 Å². The minimum Gasteiger partial charge on any atom is -0.494 e. The number of aliphatic hydroxyl groups excluding tert-OH is 3. The number of tetrazole rings is 1. The summed E-state index contributed by atoms with van der Waals surface area (Å²) in [6, 6.07) is 10.6. The van der Waals surface area contributed by atoms with Crippen LogP contribution in [0.25, 0.3) is 11.1 Å². The molecule has 2 aliphatic rings. The number of aryl methyl sites for hydroxylation is 4. The highest BCUT2D eigenvalue weighted by Gasteiger charge is 2.50. The van der Waals surface area contributed by atoms with Crippen LogP contribution in [-0.4, -0.2) is 286 Å². The Morgan fingerprint density at radius 3 is 1.84 bits per heavy atom. The standard InChI is InChI=1S/C95H130FN19O24/c1-9-62-47-66(137-35-17-16-32-100-92(132)138-42-41-136-40-39-135-38-37-134-36-34-101-93(133)139-54-70-68-21-12-10-11-13-22-69(68)70)29-30-67(62)63-27-25-60(26-28-63)46-73(84(124)104-72(82(97)122)24-18-19-61-44-56(2)43-57(3)45-61)105-85(125)75(49-79(120)121)106-86(126)76(53-116)107-87(127)80(58(4)117)110-91(131)95(8,50-64-20-14-15-23-71(64)96)111-88(128)81(59(5)118)109-78(119)52-102-83(123)74(48-77-112-114-115-113-77)108-90(130)94(6,7)89(129)99-33-31-65-51-98-55-103-65/h14-15,20,23,25-30,43-45,47,51,55,58-59,68-70,72-76,80-81,116-118H,9,12-13,16-19,21-22,24,31-42,46,48-50,52-54H2,1-8H3,(H2,97,122)(H,98,103)(H,99,129)(H,100,132)(H,101,133)(H,102,123)(H,104,124)(H,105,125)(H,106,126)(H,107,127)(H,108,130)(H,109,119)(H,110,131)(H,111,128)(H,120,121)(H,112,113,114,115)/t58-,59-,68-,69+,70?,72+,73+,74?,75?,76?,80?,81?,95?/m1/s1. The van der Waals surface area contributed by atoms with Crippen molar-refractivity contribution in [2.24, 2.45) is 28.9 Å². The first-order chi connectivity index (χ1) is 66.4. The molecule has 20 N–H and O–H groups in total. The van der Waals surface area contributed by atoms with Crippen LogP contribution in [0.1, 0.15) is 144 Å². The summed E-state index contributed by atoms with van der Waals surface area (Å²) in [7, 11) is 0. The quantitative estimate of drug-likeness (QED) is 0.0141. The van der Waals surface area contributed by atoms with Crippen LogP contribution in [0.2, 0.25) is 0 Å². The van der Waals surface area contributed by atoms with E-state index in [9.17, 15) is 87.5 Å². The van der Waals surface area contributed by atoms with Gasteiger partial charge in [-0.2, -0.15) is 5.21 Å². The molecule has 2 aliphatic carbocycles. The number of carbonyl (C=O) groups excluding carboxylic acids is 13. The van der Waals surface area contributed by atoms with E-state index in [0.717, 1.165) is 85.9 Å². The Hall–Kier alpha value is -13.6. The molecular weight excluding hydrogens is 1810 g/mol. The number of alkyl carbamates (subject to hydrolysis) is 2. The Morgan fingerprint density at radius 2 is 1.21 bits per heavy atom. The van der Waals surface area contributed by atoms with Crippen molar-refractivity contribution >= 4 is 83.1 Å². The number of nitrogens with one attached hydrogen (secondary N) is 14. The Balaban J connectivity index is 0.841. The van der Waals surface area contributed by atoms with Gasteiger partial charge in [0, 0.05) is 70.0 Å². The zero-order valence-corrected chi connectivity index (χ0v) is 79.4. The van der Waals surface area contributed by atoms with Crippen LogP contribution >= 0.6 is 0 Å². The number of rotatable bonds is 60. The summed E-state index contributed by atoms with van der Waals surface area (Å²) < 4.78 is 48.9. The molecular formula is C95H130FN19O24. The lowest BCUT2D eigenvalue weighted by molar-refractivity contribution is -0.143. The molecule has 0 saturated heterocycles. The molecule has 4 aromatic carbocycles. The molecule has 6 aromatic rings. The molecule has 1 fully saturated rings. The molecule has 13 amide bonds. The predicted octanol–water partition coefficient (Wildman–Crippen LogP) is 0.543. The largest absolute Gasteiger partial charge is 0.494 e. The second kappa shape index (κ2) is 56.3. The maximum Gasteiger partial charge on any atom is 0.407 e. The highest BCUT2D eigenvalue weighted by Crippen LogP contribution is 2.52. The molecule has 7 unspecified atom stereocenters. The molecule has 0 bridgehead atoms. The number of benzene rings is 4. The number of aliphatic carboxylic acids is 1. The number of amides is 13. The number of hydrogen-bond donors (Lipinski definition) is 19. The van der Waals surface area contributed by atoms with Gasteiger partial charge < -0.3 is 123 Å². The number of unbranched alkanes of at least 4 members (excludes halogenated alkanes) is 1. The van der Waals surface area contributed by atoms with Gasteiger partial charge in [-0.1, -0.05) is 90.0 Å². The van der Waals surface area contributed by atoms with Gasteiger partial charge in [0.15, 0.2) is 5.82 Å². The second-order valence-electron chi connectivity index (χ2n) is 34.8. The number of ether oxygens (including phenoxy) is 6. The van der Waals surface area contributed by atoms with Crippen molar-refractivity contribution in [2.75, 3.05) is 92.2 Å². The Labute approximate surface area is 804 Å². The topological polar surface area (TPSA) is 629 Å². The first kappa shape index (κ1) is 111. The molecule has 756 valence electrons. The number of halogens is 1. The number of hydrogen-bond acceptors (Lipinski definition) is 27. The number of H-pyrrole nitrogens is 2. The van der Waals surface area contributed by atoms with E-state index >= 15 is 4.39 Å². The van der Waals surface area contributed by atoms with Crippen molar-refractivity contribution in [3.63, 3.8) is 0 Å². The molecule has 43 nitrogen and oxygen atoms in total. The van der Waals surface area contributed by atoms with Gasteiger partial charge in [-0.05, 0) is 169 Å². The van der Waals surface area contributed by atoms with E-state index in [1.807, 2.05) is 51.1 Å². The lowest BCUT2D eigenvalue weighted by Gasteiger charge is -2.34. The molecule has 0 aliphatic heterocycles. The highest BCUT2D eigenvalue weighted by atomic mass is 19.1. The van der Waals surface area contributed by atoms with E-state index in [0.29, 0.717) is 126 Å². The van der Waals surface area contributed by atoms with E-state index in [2.05, 4.69) is 106 Å². The summed E-state index contributed by atoms with van der Waals surface area (Å²) in [5, 5.41) is 85.6. The minimum absolute atomic E-state index is 0.0325. The van der Waals surface area contributed by atoms with Crippen molar-refractivity contribution in [1.29, 1.82) is 0 Å². The number of carboxylic acid groups (broad SMARTS) is 1. The van der Waals surface area contributed by atoms with E-state index in [1.54, 1.807) is 36.5 Å². The summed E-state index contributed by atoms with van der Waals surface area (Å²) in [6.07, 6.45) is 2.54. The third-order valence-corrected chi connectivity index (χ3v) is 23.3. The van der Waals surface area contributed by atoms with Crippen molar-refractivity contribution in [1.82, 2.24) is 94.4 Å². The van der Waals surface area contributed by atoms with Gasteiger partial charge in [-0.15, -0.1) is 22.0 Å². The number of fused-ring (bicyclic) bond motifs is 1. The van der Waals surface area contributed by atoms with Crippen LogP contribution < -0.4 is 74.3 Å². The number of carboxylic acids is 1. The Kier molecular flexibility index (Phi) is 44.8. The van der Waals surface area contributed by atoms with Crippen LogP contribution in [0.15, 0.2) is 97.5 Å². The fraction of sp³-hybridized carbons (Fsp3) is 0.537. The van der Waals surface area contributed by atoms with Crippen LogP contribution in [0.5, 0.6) is 5.75 Å². The van der Waals surface area contributed by atoms with Crippen molar-refractivity contribution < 1.29 is 120 Å². The number of imidazole rings is 1. The van der Waals surface area contributed by atoms with Crippen molar-refractivity contribution in [3.05, 3.63) is 148 Å². The molecule has 139 heavy (non-hydrogen) atoms. The molecule has 13 atom stereocenters. The van der Waals surface area contributed by atoms with E-state index in [1.165, 1.54) is 38.4 Å². The van der Waals surface area contributed by atoms with E-state index in [4.69, 9.17) is 34.2 Å². The highest BCUT2D eigenvalue weighted by molar-refractivity contribution is 6.06. The third kappa shape index (κ3) is 37.0. The lowest BCUT2D eigenvalue weighted by atomic mass is 9.90. The van der Waals surface area contributed by atoms with Crippen LogP contribution in [0.3, 0.4) is 0 Å². The summed E-state index contributed by atoms with van der Waals surface area (Å²) in [4.78, 5) is 199. The third-order valence-electron chi connectivity index (χ3n) is 23.3. The average molecular weight is 1940 g/mol. The second-order valence-corrected chi connectivity index (χ2v) is 34.8. The lowest BCUT2D eigenvalue weighted by Crippen LogP contribution is -2.67. The first-order valence-corrected chi connectivity index (χ1v) is 46.3. The van der Waals surface area contributed by atoms with Crippen LogP contribution in [-0.2, 0) is 120 Å². The van der Waals surface area contributed by atoms with E-state index < -0.39 is 187 Å². The zero-order chi connectivity index (χ0) is 101. The molecule has 1 saturated carbocycles. The van der Waals surface area contributed by atoms with E-state index in [-0.39, 0.29) is 50.6 Å². The van der Waals surface area contributed by atoms with Gasteiger partial charge in [-0.25, -0.2) is 19.0 Å². The van der Waals surface area contributed by atoms with Gasteiger partial charge in [0.1, 0.15) is 71.4 Å². The first-order valence-electron chi connectivity index (χ1n) is 46.3. The maximum atomic E-state index is 15.6. The van der Waals surface area contributed by atoms with Gasteiger partial charge >= 0.3 is 18.2 Å². The fourth-order valence-corrected chi connectivity index (χ4v) is 15.5.